The van der Waals surface area contributed by atoms with Crippen LogP contribution in [0.25, 0.3) is 10.2 Å². The number of rotatable bonds is 4. The highest BCUT2D eigenvalue weighted by Gasteiger charge is 2.12. The number of aromatic carboxylic acids is 1. The zero-order valence-corrected chi connectivity index (χ0v) is 12.9. The largest absolute Gasteiger partial charge is 0.478 e. The normalized spacial score (nSPS) is 10.9. The van der Waals surface area contributed by atoms with Gasteiger partial charge in [0.2, 0.25) is 0 Å². The lowest BCUT2D eigenvalue weighted by molar-refractivity contribution is 0.0696. The number of fused-ring (bicyclic) bond motifs is 1. The monoisotopic (exact) mass is 316 g/mol. The highest BCUT2D eigenvalue weighted by molar-refractivity contribution is 7.98. The number of carbonyl (C=O) groups is 1. The molecule has 0 fully saturated rings. The molecule has 0 amide bonds. The molecule has 0 spiro atoms. The lowest BCUT2D eigenvalue weighted by Crippen LogP contribution is -2.01. The quantitative estimate of drug-likeness (QED) is 0.582. The van der Waals surface area contributed by atoms with Gasteiger partial charge in [0, 0.05) is 16.0 Å². The first-order valence-electron chi connectivity index (χ1n) is 6.30. The van der Waals surface area contributed by atoms with E-state index in [4.69, 9.17) is 0 Å². The molecule has 0 unspecified atom stereocenters. The highest BCUT2D eigenvalue weighted by atomic mass is 32.2. The minimum absolute atomic E-state index is 0.344. The summed E-state index contributed by atoms with van der Waals surface area (Å²) in [6, 6.07) is 9.14. The highest BCUT2D eigenvalue weighted by Crippen LogP contribution is 2.32. The second-order valence-corrected chi connectivity index (χ2v) is 6.70. The second kappa shape index (κ2) is 5.83. The van der Waals surface area contributed by atoms with Gasteiger partial charge in [-0.05, 0) is 24.6 Å². The van der Waals surface area contributed by atoms with Crippen LogP contribution in [0, 0.1) is 6.92 Å². The van der Waals surface area contributed by atoms with E-state index in [0.29, 0.717) is 11.3 Å². The van der Waals surface area contributed by atoms with Crippen LogP contribution in [-0.2, 0) is 5.75 Å². The Labute approximate surface area is 129 Å². The maximum Gasteiger partial charge on any atom is 0.335 e. The fourth-order valence-corrected chi connectivity index (χ4v) is 3.96. The van der Waals surface area contributed by atoms with E-state index in [0.717, 1.165) is 20.8 Å². The third kappa shape index (κ3) is 2.91. The lowest BCUT2D eigenvalue weighted by Gasteiger charge is -2.05. The van der Waals surface area contributed by atoms with E-state index in [1.807, 2.05) is 19.1 Å². The van der Waals surface area contributed by atoms with E-state index in [2.05, 4.69) is 16.0 Å². The van der Waals surface area contributed by atoms with E-state index in [9.17, 15) is 9.90 Å². The zero-order valence-electron chi connectivity index (χ0n) is 11.2. The van der Waals surface area contributed by atoms with Gasteiger partial charge in [0.1, 0.15) is 16.2 Å². The number of thiophene rings is 1. The summed E-state index contributed by atoms with van der Waals surface area (Å²) in [5.41, 5.74) is 1.14. The Morgan fingerprint density at radius 2 is 2.14 bits per heavy atom. The van der Waals surface area contributed by atoms with E-state index in [1.54, 1.807) is 41.6 Å². The van der Waals surface area contributed by atoms with Crippen LogP contribution in [0.15, 0.2) is 41.7 Å². The maximum atomic E-state index is 11.2. The molecule has 0 atom stereocenters. The van der Waals surface area contributed by atoms with Gasteiger partial charge >= 0.3 is 5.97 Å². The van der Waals surface area contributed by atoms with Crippen LogP contribution in [0.1, 0.15) is 20.8 Å². The fraction of sp³-hybridized carbons (Fsp3) is 0.133. The van der Waals surface area contributed by atoms with Gasteiger partial charge in [-0.1, -0.05) is 18.2 Å². The van der Waals surface area contributed by atoms with Crippen molar-refractivity contribution in [2.24, 2.45) is 0 Å². The van der Waals surface area contributed by atoms with Crippen LogP contribution in [0.3, 0.4) is 0 Å². The molecule has 0 aliphatic heterocycles. The molecular formula is C15H12N2O2S2. The number of carboxylic acid groups (broad SMARTS) is 1. The molecule has 1 N–H and O–H groups in total. The zero-order chi connectivity index (χ0) is 14.8. The van der Waals surface area contributed by atoms with Crippen LogP contribution in [0.4, 0.5) is 0 Å². The first-order chi connectivity index (χ1) is 10.1. The van der Waals surface area contributed by atoms with Crippen molar-refractivity contribution in [3.63, 3.8) is 0 Å². The molecule has 2 heterocycles. The summed E-state index contributed by atoms with van der Waals surface area (Å²) in [6.45, 7) is 2.04. The predicted molar refractivity (Wildman–Crippen MR) is 85.1 cm³/mol. The lowest BCUT2D eigenvalue weighted by atomic mass is 10.1. The van der Waals surface area contributed by atoms with E-state index >= 15 is 0 Å². The van der Waals surface area contributed by atoms with Crippen molar-refractivity contribution in [3.05, 3.63) is 52.7 Å². The molecule has 6 heteroatoms. The number of hydrogen-bond acceptors (Lipinski definition) is 5. The first kappa shape index (κ1) is 14.0. The van der Waals surface area contributed by atoms with Crippen molar-refractivity contribution in [1.29, 1.82) is 0 Å². The average Bonchev–Trinajstić information content (AvgIpc) is 2.86. The molecule has 106 valence electrons. The van der Waals surface area contributed by atoms with Crippen molar-refractivity contribution in [3.8, 4) is 0 Å². The van der Waals surface area contributed by atoms with Crippen LogP contribution in [0.2, 0.25) is 0 Å². The summed E-state index contributed by atoms with van der Waals surface area (Å²) in [6.07, 6.45) is 1.56. The molecule has 0 radical (unpaired) electrons. The number of hydrogen-bond donors (Lipinski definition) is 1. The minimum atomic E-state index is -0.898. The second-order valence-electron chi connectivity index (χ2n) is 4.51. The Morgan fingerprint density at radius 3 is 2.95 bits per heavy atom. The molecule has 21 heavy (non-hydrogen) atoms. The third-order valence-electron chi connectivity index (χ3n) is 3.03. The summed E-state index contributed by atoms with van der Waals surface area (Å²) in [5, 5.41) is 11.1. The van der Waals surface area contributed by atoms with Gasteiger partial charge in [-0.25, -0.2) is 14.8 Å². The Kier molecular flexibility index (Phi) is 3.90. The Hall–Kier alpha value is -1.92. The predicted octanol–water partition coefficient (Wildman–Crippen LogP) is 3.99. The molecule has 3 rings (SSSR count). The Morgan fingerprint density at radius 1 is 1.33 bits per heavy atom. The molecule has 0 aliphatic rings. The van der Waals surface area contributed by atoms with Crippen molar-refractivity contribution in [2.75, 3.05) is 0 Å². The Bertz CT molecular complexity index is 814. The van der Waals surface area contributed by atoms with Gasteiger partial charge in [-0.15, -0.1) is 23.1 Å². The van der Waals surface area contributed by atoms with Gasteiger partial charge < -0.3 is 5.11 Å². The van der Waals surface area contributed by atoms with Gasteiger partial charge in [0.05, 0.1) is 5.56 Å². The van der Waals surface area contributed by atoms with Gasteiger partial charge in [0.25, 0.3) is 0 Å². The van der Waals surface area contributed by atoms with Crippen molar-refractivity contribution in [2.45, 2.75) is 17.7 Å². The fourth-order valence-electron chi connectivity index (χ4n) is 2.07. The SMILES string of the molecule is Cc1cc2c(SCc3ccccc3C(=O)O)ncnc2s1. The topological polar surface area (TPSA) is 63.1 Å². The van der Waals surface area contributed by atoms with Crippen LogP contribution in [-0.4, -0.2) is 21.0 Å². The van der Waals surface area contributed by atoms with Crippen LogP contribution < -0.4 is 0 Å². The first-order valence-corrected chi connectivity index (χ1v) is 8.10. The smallest absolute Gasteiger partial charge is 0.335 e. The number of aryl methyl sites for hydroxylation is 1. The van der Waals surface area contributed by atoms with Crippen LogP contribution >= 0.6 is 23.1 Å². The molecular weight excluding hydrogens is 304 g/mol. The Balaban J connectivity index is 1.89. The average molecular weight is 316 g/mol. The summed E-state index contributed by atoms with van der Waals surface area (Å²) in [5.74, 6) is -0.325. The summed E-state index contributed by atoms with van der Waals surface area (Å²) < 4.78 is 0. The number of aromatic nitrogens is 2. The van der Waals surface area contributed by atoms with Gasteiger partial charge in [-0.2, -0.15) is 0 Å². The number of carboxylic acids is 1. The minimum Gasteiger partial charge on any atom is -0.478 e. The molecule has 0 saturated heterocycles. The van der Waals surface area contributed by atoms with Crippen molar-refractivity contribution in [1.82, 2.24) is 9.97 Å². The molecule has 0 bridgehead atoms. The van der Waals surface area contributed by atoms with E-state index in [1.165, 1.54) is 4.88 Å². The molecule has 4 nitrogen and oxygen atoms in total. The molecule has 0 aliphatic carbocycles. The molecule has 1 aromatic carbocycles. The summed E-state index contributed by atoms with van der Waals surface area (Å²) in [4.78, 5) is 22.0. The van der Waals surface area contributed by atoms with Gasteiger partial charge in [0.15, 0.2) is 0 Å². The number of benzene rings is 1. The van der Waals surface area contributed by atoms with Crippen molar-refractivity contribution >= 4 is 39.3 Å². The third-order valence-corrected chi connectivity index (χ3v) is 5.04. The van der Waals surface area contributed by atoms with E-state index in [-0.39, 0.29) is 0 Å². The summed E-state index contributed by atoms with van der Waals surface area (Å²) >= 11 is 3.18. The summed E-state index contributed by atoms with van der Waals surface area (Å²) in [7, 11) is 0. The standard InChI is InChI=1S/C15H12N2O2S2/c1-9-6-12-13(16-8-17-14(12)21-9)20-7-10-4-2-3-5-11(10)15(18)19/h2-6,8H,7H2,1H3,(H,18,19). The van der Waals surface area contributed by atoms with Crippen molar-refractivity contribution < 1.29 is 9.90 Å². The molecule has 3 aromatic rings. The molecule has 2 aromatic heterocycles. The van der Waals surface area contributed by atoms with Gasteiger partial charge in [-0.3, -0.25) is 0 Å². The van der Waals surface area contributed by atoms with E-state index < -0.39 is 5.97 Å². The molecule has 0 saturated carbocycles. The number of nitrogens with zero attached hydrogens (tertiary/aromatic N) is 2. The maximum absolute atomic E-state index is 11.2. The number of thioether (sulfide) groups is 1. The van der Waals surface area contributed by atoms with Crippen LogP contribution in [0.5, 0.6) is 0 Å².